The molecule has 1 aromatic carbocycles. The Morgan fingerprint density at radius 2 is 2.07 bits per heavy atom. The molecule has 0 spiro atoms. The number of rotatable bonds is 0. The Balaban J connectivity index is 2.61. The minimum absolute atomic E-state index is 0.0371. The van der Waals surface area contributed by atoms with E-state index in [9.17, 15) is 9.59 Å². The van der Waals surface area contributed by atoms with Gasteiger partial charge in [-0.3, -0.25) is 9.59 Å². The molecule has 0 atom stereocenters. The number of hydrogen-bond acceptors (Lipinski definition) is 3. The third kappa shape index (κ3) is 1.80. The maximum atomic E-state index is 11.6. The number of nitrogens with two attached hydrogens (primary N) is 1. The molecule has 0 aromatic heterocycles. The third-order valence-electron chi connectivity index (χ3n) is 2.05. The van der Waals surface area contributed by atoms with E-state index in [1.807, 2.05) is 0 Å². The quantitative estimate of drug-likeness (QED) is 0.607. The van der Waals surface area contributed by atoms with Crippen LogP contribution in [0.25, 0.3) is 0 Å². The Morgan fingerprint density at radius 1 is 1.33 bits per heavy atom. The Bertz CT molecular complexity index is 459. The predicted molar refractivity (Wildman–Crippen MR) is 59.5 cm³/mol. The van der Waals surface area contributed by atoms with E-state index in [1.165, 1.54) is 0 Å². The number of halogens is 1. The summed E-state index contributed by atoms with van der Waals surface area (Å²) in [6.07, 6.45) is 0. The number of carbonyl (C=O) groups is 2. The zero-order chi connectivity index (χ0) is 11.0. The topological polar surface area (TPSA) is 84.2 Å². The SMILES string of the molecule is Nc1cc(Br)cc2c1NC(=O)CNC2=O. The van der Waals surface area contributed by atoms with Crippen LogP contribution in [0.3, 0.4) is 0 Å². The number of anilines is 2. The second-order valence-electron chi connectivity index (χ2n) is 3.15. The highest BCUT2D eigenvalue weighted by Crippen LogP contribution is 2.29. The fraction of sp³-hybridized carbons (Fsp3) is 0.111. The molecule has 0 bridgehead atoms. The van der Waals surface area contributed by atoms with Gasteiger partial charge in [0.1, 0.15) is 0 Å². The molecule has 6 heteroatoms. The van der Waals surface area contributed by atoms with E-state index in [0.717, 1.165) is 0 Å². The molecule has 2 amide bonds. The number of hydrogen-bond donors (Lipinski definition) is 3. The Kier molecular flexibility index (Phi) is 2.36. The summed E-state index contributed by atoms with van der Waals surface area (Å²) in [6.45, 7) is -0.0371. The molecule has 4 N–H and O–H groups in total. The van der Waals surface area contributed by atoms with Crippen molar-refractivity contribution in [2.75, 3.05) is 17.6 Å². The lowest BCUT2D eigenvalue weighted by Gasteiger charge is -2.08. The molecule has 1 aromatic rings. The van der Waals surface area contributed by atoms with Crippen molar-refractivity contribution >= 4 is 39.1 Å². The average molecular weight is 270 g/mol. The zero-order valence-corrected chi connectivity index (χ0v) is 9.22. The number of fused-ring (bicyclic) bond motifs is 1. The smallest absolute Gasteiger partial charge is 0.253 e. The molecule has 0 radical (unpaired) electrons. The summed E-state index contributed by atoms with van der Waals surface area (Å²) in [5.41, 5.74) is 6.82. The van der Waals surface area contributed by atoms with Crippen LogP contribution in [0.4, 0.5) is 11.4 Å². The number of carbonyl (C=O) groups excluding carboxylic acids is 2. The molecule has 1 aliphatic heterocycles. The molecule has 0 saturated heterocycles. The van der Waals surface area contributed by atoms with Crippen molar-refractivity contribution in [3.63, 3.8) is 0 Å². The van der Waals surface area contributed by atoms with E-state index in [1.54, 1.807) is 12.1 Å². The predicted octanol–water partition coefficient (Wildman–Crippen LogP) is 0.713. The van der Waals surface area contributed by atoms with E-state index in [0.29, 0.717) is 21.4 Å². The van der Waals surface area contributed by atoms with Crippen LogP contribution in [0.5, 0.6) is 0 Å². The van der Waals surface area contributed by atoms with Gasteiger partial charge in [-0.15, -0.1) is 0 Å². The number of nitrogens with one attached hydrogen (secondary N) is 2. The van der Waals surface area contributed by atoms with Gasteiger partial charge < -0.3 is 16.4 Å². The van der Waals surface area contributed by atoms with Crippen LogP contribution < -0.4 is 16.4 Å². The van der Waals surface area contributed by atoms with Gasteiger partial charge in [-0.2, -0.15) is 0 Å². The van der Waals surface area contributed by atoms with Crippen molar-refractivity contribution in [2.24, 2.45) is 0 Å². The van der Waals surface area contributed by atoms with Gasteiger partial charge in [0, 0.05) is 4.47 Å². The molecule has 2 rings (SSSR count). The van der Waals surface area contributed by atoms with Gasteiger partial charge in [-0.25, -0.2) is 0 Å². The molecule has 0 unspecified atom stereocenters. The molecular weight excluding hydrogens is 262 g/mol. The molecule has 0 fully saturated rings. The lowest BCUT2D eigenvalue weighted by Crippen LogP contribution is -2.28. The van der Waals surface area contributed by atoms with E-state index in [4.69, 9.17) is 5.73 Å². The first kappa shape index (κ1) is 9.97. The van der Waals surface area contributed by atoms with E-state index in [-0.39, 0.29) is 18.4 Å². The molecule has 0 aliphatic carbocycles. The minimum atomic E-state index is -0.309. The Hall–Kier alpha value is -1.56. The molecule has 1 aliphatic rings. The first-order chi connectivity index (χ1) is 7.08. The van der Waals surface area contributed by atoms with Crippen molar-refractivity contribution < 1.29 is 9.59 Å². The second-order valence-corrected chi connectivity index (χ2v) is 4.06. The molecule has 1 heterocycles. The summed E-state index contributed by atoms with van der Waals surface area (Å²) in [5.74, 6) is -0.590. The average Bonchev–Trinajstić information content (AvgIpc) is 2.30. The van der Waals surface area contributed by atoms with Gasteiger partial charge in [0.25, 0.3) is 5.91 Å². The summed E-state index contributed by atoms with van der Waals surface area (Å²) >= 11 is 3.24. The lowest BCUT2D eigenvalue weighted by atomic mass is 10.1. The highest BCUT2D eigenvalue weighted by molar-refractivity contribution is 9.10. The first-order valence-corrected chi connectivity index (χ1v) is 5.04. The lowest BCUT2D eigenvalue weighted by molar-refractivity contribution is -0.115. The number of nitrogen functional groups attached to an aromatic ring is 1. The van der Waals surface area contributed by atoms with Crippen LogP contribution in [0.15, 0.2) is 16.6 Å². The maximum Gasteiger partial charge on any atom is 0.253 e. The van der Waals surface area contributed by atoms with Crippen LogP contribution in [0.2, 0.25) is 0 Å². The molecule has 0 saturated carbocycles. The van der Waals surface area contributed by atoms with Crippen LogP contribution in [0.1, 0.15) is 10.4 Å². The van der Waals surface area contributed by atoms with Gasteiger partial charge in [0.15, 0.2) is 0 Å². The van der Waals surface area contributed by atoms with Crippen LogP contribution >= 0.6 is 15.9 Å². The van der Waals surface area contributed by atoms with Crippen LogP contribution in [-0.4, -0.2) is 18.4 Å². The molecule has 5 nitrogen and oxygen atoms in total. The third-order valence-corrected chi connectivity index (χ3v) is 2.51. The minimum Gasteiger partial charge on any atom is -0.397 e. The molecule has 78 valence electrons. The Morgan fingerprint density at radius 3 is 2.80 bits per heavy atom. The van der Waals surface area contributed by atoms with Crippen molar-refractivity contribution in [3.8, 4) is 0 Å². The summed E-state index contributed by atoms with van der Waals surface area (Å²) in [7, 11) is 0. The van der Waals surface area contributed by atoms with Crippen LogP contribution in [0, 0.1) is 0 Å². The molecule has 15 heavy (non-hydrogen) atoms. The van der Waals surface area contributed by atoms with Gasteiger partial charge >= 0.3 is 0 Å². The van der Waals surface area contributed by atoms with Gasteiger partial charge in [0.2, 0.25) is 5.91 Å². The monoisotopic (exact) mass is 269 g/mol. The zero-order valence-electron chi connectivity index (χ0n) is 7.63. The van der Waals surface area contributed by atoms with E-state index < -0.39 is 0 Å². The standard InChI is InChI=1S/C9H8BrN3O2/c10-4-1-5-8(6(11)2-4)13-7(14)3-12-9(5)15/h1-2H,3,11H2,(H,12,15)(H,13,14). The van der Waals surface area contributed by atoms with Gasteiger partial charge in [-0.05, 0) is 12.1 Å². The van der Waals surface area contributed by atoms with Gasteiger partial charge in [0.05, 0.1) is 23.5 Å². The Labute approximate surface area is 94.2 Å². The fourth-order valence-corrected chi connectivity index (χ4v) is 1.86. The van der Waals surface area contributed by atoms with Crippen molar-refractivity contribution in [1.29, 1.82) is 0 Å². The highest BCUT2D eigenvalue weighted by atomic mass is 79.9. The van der Waals surface area contributed by atoms with Gasteiger partial charge in [-0.1, -0.05) is 15.9 Å². The van der Waals surface area contributed by atoms with E-state index in [2.05, 4.69) is 26.6 Å². The van der Waals surface area contributed by atoms with Crippen molar-refractivity contribution in [2.45, 2.75) is 0 Å². The second kappa shape index (κ2) is 3.54. The highest BCUT2D eigenvalue weighted by Gasteiger charge is 2.21. The largest absolute Gasteiger partial charge is 0.397 e. The number of amides is 2. The maximum absolute atomic E-state index is 11.6. The fourth-order valence-electron chi connectivity index (χ4n) is 1.39. The normalized spacial score (nSPS) is 15.0. The molecular formula is C9H8BrN3O2. The van der Waals surface area contributed by atoms with Crippen LogP contribution in [-0.2, 0) is 4.79 Å². The summed E-state index contributed by atoms with van der Waals surface area (Å²) in [5, 5.41) is 5.06. The summed E-state index contributed by atoms with van der Waals surface area (Å²) in [4.78, 5) is 22.8. The van der Waals surface area contributed by atoms with Crippen molar-refractivity contribution in [1.82, 2.24) is 5.32 Å². The first-order valence-electron chi connectivity index (χ1n) is 4.25. The van der Waals surface area contributed by atoms with Crippen molar-refractivity contribution in [3.05, 3.63) is 22.2 Å². The number of benzene rings is 1. The summed E-state index contributed by atoms with van der Waals surface area (Å²) in [6, 6.07) is 3.25. The summed E-state index contributed by atoms with van der Waals surface area (Å²) < 4.78 is 0.699. The van der Waals surface area contributed by atoms with E-state index >= 15 is 0 Å².